The zero-order chi connectivity index (χ0) is 27.2. The van der Waals surface area contributed by atoms with Crippen LogP contribution in [0.15, 0.2) is 48.7 Å². The number of benzene rings is 1. The van der Waals surface area contributed by atoms with Crippen LogP contribution in [0.5, 0.6) is 0 Å². The minimum absolute atomic E-state index is 0.147. The number of hydrogen-bond acceptors (Lipinski definition) is 6. The standard InChI is InChI=1S/C27H36F2N6O2/c1-27(2,3)25(35(24(36)17-37-4)12-11-20(30)14-28)26-33-22(18-7-5-8-19(29)13-18)16-34(26)15-21-9-6-10-23(31)32-21/h5-10,13,16,20,25H,11-12,14-15,17,30H2,1-4H3,(H2,31,32)/t20-,25-/m0/s1. The Kier molecular flexibility index (Phi) is 9.34. The quantitative estimate of drug-likeness (QED) is 0.401. The number of nitrogens with zero attached hydrogens (tertiary/aromatic N) is 4. The molecule has 0 bridgehead atoms. The molecule has 0 fully saturated rings. The largest absolute Gasteiger partial charge is 0.384 e. The van der Waals surface area contributed by atoms with Crippen LogP contribution in [0, 0.1) is 11.2 Å². The lowest BCUT2D eigenvalue weighted by atomic mass is 9.84. The Labute approximate surface area is 216 Å². The van der Waals surface area contributed by atoms with Crippen molar-refractivity contribution in [3.8, 4) is 11.3 Å². The summed E-state index contributed by atoms with van der Waals surface area (Å²) in [5.74, 6) is 0.316. The first kappa shape index (κ1) is 28.2. The minimum Gasteiger partial charge on any atom is -0.384 e. The van der Waals surface area contributed by atoms with E-state index in [4.69, 9.17) is 21.2 Å². The normalized spacial score (nSPS) is 13.4. The van der Waals surface area contributed by atoms with E-state index < -0.39 is 24.2 Å². The van der Waals surface area contributed by atoms with Gasteiger partial charge in [-0.15, -0.1) is 0 Å². The van der Waals surface area contributed by atoms with Gasteiger partial charge >= 0.3 is 0 Å². The molecule has 2 aromatic heterocycles. The number of alkyl halides is 1. The highest BCUT2D eigenvalue weighted by Crippen LogP contribution is 2.39. The van der Waals surface area contributed by atoms with E-state index in [1.165, 1.54) is 19.2 Å². The monoisotopic (exact) mass is 514 g/mol. The smallest absolute Gasteiger partial charge is 0.249 e. The fourth-order valence-electron chi connectivity index (χ4n) is 4.30. The number of methoxy groups -OCH3 is 1. The van der Waals surface area contributed by atoms with E-state index in [0.717, 1.165) is 0 Å². The fraction of sp³-hybridized carbons (Fsp3) is 0.444. The molecule has 3 rings (SSSR count). The zero-order valence-corrected chi connectivity index (χ0v) is 21.8. The van der Waals surface area contributed by atoms with Crippen LogP contribution >= 0.6 is 0 Å². The highest BCUT2D eigenvalue weighted by Gasteiger charge is 2.38. The third-order valence-corrected chi connectivity index (χ3v) is 5.99. The number of carbonyl (C=O) groups is 1. The lowest BCUT2D eigenvalue weighted by molar-refractivity contribution is -0.140. The predicted molar refractivity (Wildman–Crippen MR) is 140 cm³/mol. The van der Waals surface area contributed by atoms with Crippen molar-refractivity contribution < 1.29 is 18.3 Å². The molecule has 2 heterocycles. The Morgan fingerprint density at radius 1 is 1.19 bits per heavy atom. The van der Waals surface area contributed by atoms with Gasteiger partial charge in [-0.3, -0.25) is 4.79 Å². The Morgan fingerprint density at radius 3 is 2.54 bits per heavy atom. The maximum atomic E-state index is 14.1. The molecular formula is C27H36F2N6O2. The van der Waals surface area contributed by atoms with Gasteiger partial charge in [0.15, 0.2) is 0 Å². The van der Waals surface area contributed by atoms with Gasteiger partial charge in [0.2, 0.25) is 5.91 Å². The molecule has 0 unspecified atom stereocenters. The molecule has 1 amide bonds. The lowest BCUT2D eigenvalue weighted by Crippen LogP contribution is -2.45. The maximum absolute atomic E-state index is 14.1. The van der Waals surface area contributed by atoms with Crippen molar-refractivity contribution in [3.63, 3.8) is 0 Å². The molecule has 8 nitrogen and oxygen atoms in total. The number of aromatic nitrogens is 3. The van der Waals surface area contributed by atoms with Crippen LogP contribution in [-0.2, 0) is 16.1 Å². The summed E-state index contributed by atoms with van der Waals surface area (Å²) in [5.41, 5.74) is 13.1. The second-order valence-corrected chi connectivity index (χ2v) is 10.2. The van der Waals surface area contributed by atoms with Crippen LogP contribution in [0.3, 0.4) is 0 Å². The molecular weight excluding hydrogens is 478 g/mol. The average molecular weight is 515 g/mol. The molecule has 2 atom stereocenters. The maximum Gasteiger partial charge on any atom is 0.249 e. The number of carbonyl (C=O) groups excluding carboxylic acids is 1. The van der Waals surface area contributed by atoms with Crippen molar-refractivity contribution in [1.29, 1.82) is 0 Å². The van der Waals surface area contributed by atoms with Crippen LogP contribution in [0.4, 0.5) is 14.6 Å². The molecule has 37 heavy (non-hydrogen) atoms. The highest BCUT2D eigenvalue weighted by molar-refractivity contribution is 5.78. The molecule has 200 valence electrons. The molecule has 0 spiro atoms. The predicted octanol–water partition coefficient (Wildman–Crippen LogP) is 3.96. The minimum atomic E-state index is -0.697. The van der Waals surface area contributed by atoms with Gasteiger partial charge in [-0.25, -0.2) is 18.7 Å². The molecule has 0 aliphatic rings. The summed E-state index contributed by atoms with van der Waals surface area (Å²) in [5, 5.41) is 0. The van der Waals surface area contributed by atoms with Crippen LogP contribution in [-0.4, -0.2) is 58.3 Å². The molecule has 1 aromatic carbocycles. The van der Waals surface area contributed by atoms with Gasteiger partial charge < -0.3 is 25.7 Å². The van der Waals surface area contributed by atoms with Crippen molar-refractivity contribution in [2.75, 3.05) is 32.7 Å². The Bertz CT molecular complexity index is 1190. The second kappa shape index (κ2) is 12.2. The van der Waals surface area contributed by atoms with Gasteiger partial charge in [-0.2, -0.15) is 0 Å². The number of ether oxygens (including phenoxy) is 1. The van der Waals surface area contributed by atoms with Crippen molar-refractivity contribution in [1.82, 2.24) is 19.4 Å². The van der Waals surface area contributed by atoms with Crippen LogP contribution in [0.25, 0.3) is 11.3 Å². The molecule has 0 radical (unpaired) electrons. The van der Waals surface area contributed by atoms with Crippen molar-refractivity contribution >= 4 is 11.7 Å². The number of nitrogen functional groups attached to an aromatic ring is 1. The first-order valence-electron chi connectivity index (χ1n) is 12.2. The number of anilines is 1. The van der Waals surface area contributed by atoms with E-state index >= 15 is 0 Å². The summed E-state index contributed by atoms with van der Waals surface area (Å²) in [7, 11) is 1.45. The van der Waals surface area contributed by atoms with Gasteiger partial charge in [0.1, 0.15) is 30.7 Å². The SMILES string of the molecule is COCC(=O)N(CC[C@H](N)CF)[C@@H](c1nc(-c2cccc(F)c2)cn1Cc1cccc(N)n1)C(C)(C)C. The van der Waals surface area contributed by atoms with E-state index in [1.54, 1.807) is 23.1 Å². The van der Waals surface area contributed by atoms with E-state index in [2.05, 4.69) is 4.98 Å². The van der Waals surface area contributed by atoms with Gasteiger partial charge in [0, 0.05) is 31.5 Å². The van der Waals surface area contributed by atoms with E-state index in [0.29, 0.717) is 35.1 Å². The van der Waals surface area contributed by atoms with Crippen molar-refractivity contribution in [2.45, 2.75) is 45.8 Å². The number of amides is 1. The number of pyridine rings is 1. The average Bonchev–Trinajstić information content (AvgIpc) is 3.23. The summed E-state index contributed by atoms with van der Waals surface area (Å²) in [4.78, 5) is 24.3. The number of nitrogens with two attached hydrogens (primary N) is 2. The summed E-state index contributed by atoms with van der Waals surface area (Å²) < 4.78 is 34.3. The van der Waals surface area contributed by atoms with Gasteiger partial charge in [-0.05, 0) is 36.1 Å². The van der Waals surface area contributed by atoms with Crippen LogP contribution in [0.1, 0.15) is 44.8 Å². The number of hydrogen-bond donors (Lipinski definition) is 2. The molecule has 0 aliphatic heterocycles. The Balaban J connectivity index is 2.17. The fourth-order valence-corrected chi connectivity index (χ4v) is 4.30. The zero-order valence-electron chi connectivity index (χ0n) is 21.8. The lowest BCUT2D eigenvalue weighted by Gasteiger charge is -2.40. The number of imidazole rings is 1. The third kappa shape index (κ3) is 7.33. The Hall–Kier alpha value is -3.37. The number of rotatable bonds is 11. The van der Waals surface area contributed by atoms with E-state index in [-0.39, 0.29) is 31.3 Å². The third-order valence-electron chi connectivity index (χ3n) is 5.99. The van der Waals surface area contributed by atoms with Crippen molar-refractivity contribution in [2.24, 2.45) is 11.1 Å². The summed E-state index contributed by atoms with van der Waals surface area (Å²) in [6, 6.07) is 10.3. The topological polar surface area (TPSA) is 112 Å². The highest BCUT2D eigenvalue weighted by atomic mass is 19.1. The summed E-state index contributed by atoms with van der Waals surface area (Å²) in [6.07, 6.45) is 2.09. The molecule has 0 aliphatic carbocycles. The van der Waals surface area contributed by atoms with E-state index in [9.17, 15) is 13.6 Å². The van der Waals surface area contributed by atoms with Crippen molar-refractivity contribution in [3.05, 3.63) is 66.0 Å². The molecule has 0 saturated heterocycles. The number of halogens is 2. The summed E-state index contributed by atoms with van der Waals surface area (Å²) in [6.45, 7) is 5.70. The van der Waals surface area contributed by atoms with Crippen LogP contribution in [0.2, 0.25) is 0 Å². The molecule has 0 saturated carbocycles. The first-order chi connectivity index (χ1) is 17.5. The molecule has 3 aromatic rings. The second-order valence-electron chi connectivity index (χ2n) is 10.2. The van der Waals surface area contributed by atoms with Crippen LogP contribution < -0.4 is 11.5 Å². The summed E-state index contributed by atoms with van der Waals surface area (Å²) >= 11 is 0. The van der Waals surface area contributed by atoms with E-state index in [1.807, 2.05) is 43.7 Å². The Morgan fingerprint density at radius 2 is 1.92 bits per heavy atom. The van der Waals surface area contributed by atoms with Gasteiger partial charge in [0.05, 0.1) is 24.0 Å². The van der Waals surface area contributed by atoms with Gasteiger partial charge in [0.25, 0.3) is 0 Å². The first-order valence-corrected chi connectivity index (χ1v) is 12.2. The molecule has 10 heteroatoms. The molecule has 4 N–H and O–H groups in total. The van der Waals surface area contributed by atoms with Gasteiger partial charge in [-0.1, -0.05) is 39.0 Å².